The first kappa shape index (κ1) is 14.4. The van der Waals surface area contributed by atoms with Crippen molar-refractivity contribution in [2.45, 2.75) is 33.3 Å². The maximum atomic E-state index is 5.87. The van der Waals surface area contributed by atoms with Gasteiger partial charge in [-0.15, -0.1) is 0 Å². The number of ether oxygens (including phenoxy) is 1. The summed E-state index contributed by atoms with van der Waals surface area (Å²) in [6.45, 7) is 7.06. The molecular formula is C17H22N2O. The third-order valence-electron chi connectivity index (χ3n) is 3.39. The van der Waals surface area contributed by atoms with Crippen molar-refractivity contribution in [1.29, 1.82) is 0 Å². The Bertz CT molecular complexity index is 579. The van der Waals surface area contributed by atoms with E-state index in [0.717, 1.165) is 17.1 Å². The summed E-state index contributed by atoms with van der Waals surface area (Å²) >= 11 is 0. The Labute approximate surface area is 121 Å². The van der Waals surface area contributed by atoms with Gasteiger partial charge >= 0.3 is 0 Å². The van der Waals surface area contributed by atoms with Gasteiger partial charge in [-0.05, 0) is 42.2 Å². The zero-order valence-electron chi connectivity index (χ0n) is 12.6. The Balaban J connectivity index is 2.09. The highest BCUT2D eigenvalue weighted by atomic mass is 16.5. The summed E-state index contributed by atoms with van der Waals surface area (Å²) in [5, 5.41) is 3.08. The smallest absolute Gasteiger partial charge is 0.132 e. The molecule has 0 saturated carbocycles. The Kier molecular flexibility index (Phi) is 4.61. The van der Waals surface area contributed by atoms with Gasteiger partial charge in [-0.1, -0.05) is 26.0 Å². The van der Waals surface area contributed by atoms with E-state index in [1.165, 1.54) is 11.1 Å². The van der Waals surface area contributed by atoms with Gasteiger partial charge in [0.25, 0.3) is 0 Å². The molecule has 2 rings (SSSR count). The molecule has 0 unspecified atom stereocenters. The van der Waals surface area contributed by atoms with Crippen LogP contribution in [0.2, 0.25) is 0 Å². The Morgan fingerprint density at radius 3 is 2.70 bits per heavy atom. The summed E-state index contributed by atoms with van der Waals surface area (Å²) in [7, 11) is 1.87. The fraction of sp³-hybridized carbons (Fsp3) is 0.353. The number of nitrogens with one attached hydrogen (secondary N) is 1. The molecule has 0 atom stereocenters. The van der Waals surface area contributed by atoms with Crippen LogP contribution in [0, 0.1) is 6.92 Å². The fourth-order valence-electron chi connectivity index (χ4n) is 2.33. The van der Waals surface area contributed by atoms with Crippen molar-refractivity contribution in [3.63, 3.8) is 0 Å². The molecule has 0 spiro atoms. The molecule has 1 aromatic heterocycles. The van der Waals surface area contributed by atoms with Gasteiger partial charge in [-0.3, -0.25) is 0 Å². The highest BCUT2D eigenvalue weighted by Crippen LogP contribution is 2.24. The highest BCUT2D eigenvalue weighted by Gasteiger charge is 2.06. The molecule has 0 aliphatic heterocycles. The van der Waals surface area contributed by atoms with Gasteiger partial charge in [-0.25, -0.2) is 4.98 Å². The van der Waals surface area contributed by atoms with Crippen LogP contribution >= 0.6 is 0 Å². The number of anilines is 1. The van der Waals surface area contributed by atoms with Crippen LogP contribution in [-0.4, -0.2) is 12.0 Å². The van der Waals surface area contributed by atoms with Crippen LogP contribution in [0.4, 0.5) is 5.82 Å². The lowest BCUT2D eigenvalue weighted by Gasteiger charge is -2.13. The van der Waals surface area contributed by atoms with E-state index in [0.29, 0.717) is 12.5 Å². The molecule has 0 aliphatic rings. The van der Waals surface area contributed by atoms with Gasteiger partial charge in [0.15, 0.2) is 0 Å². The molecular weight excluding hydrogens is 248 g/mol. The molecule has 0 saturated heterocycles. The molecule has 0 bridgehead atoms. The molecule has 106 valence electrons. The molecule has 3 heteroatoms. The molecule has 20 heavy (non-hydrogen) atoms. The number of benzene rings is 1. The minimum Gasteiger partial charge on any atom is -0.489 e. The van der Waals surface area contributed by atoms with E-state index in [2.05, 4.69) is 43.2 Å². The van der Waals surface area contributed by atoms with Crippen molar-refractivity contribution in [2.75, 3.05) is 12.4 Å². The van der Waals surface area contributed by atoms with E-state index in [1.807, 2.05) is 25.2 Å². The second-order valence-electron chi connectivity index (χ2n) is 5.22. The molecule has 0 aliphatic carbocycles. The van der Waals surface area contributed by atoms with E-state index < -0.39 is 0 Å². The molecule has 0 amide bonds. The van der Waals surface area contributed by atoms with E-state index in [4.69, 9.17) is 4.74 Å². The number of hydrogen-bond donors (Lipinski definition) is 1. The van der Waals surface area contributed by atoms with E-state index in [1.54, 1.807) is 6.20 Å². The third-order valence-corrected chi connectivity index (χ3v) is 3.39. The summed E-state index contributed by atoms with van der Waals surface area (Å²) in [5.41, 5.74) is 3.70. The first-order chi connectivity index (χ1) is 9.61. The second kappa shape index (κ2) is 6.42. The van der Waals surface area contributed by atoms with Crippen LogP contribution in [0.1, 0.15) is 36.5 Å². The first-order valence-corrected chi connectivity index (χ1v) is 6.96. The van der Waals surface area contributed by atoms with Gasteiger partial charge in [0.2, 0.25) is 0 Å². The molecule has 0 radical (unpaired) electrons. The fourth-order valence-corrected chi connectivity index (χ4v) is 2.33. The number of nitrogens with zero attached hydrogens (tertiary/aromatic N) is 1. The van der Waals surface area contributed by atoms with E-state index in [-0.39, 0.29) is 0 Å². The minimum absolute atomic E-state index is 0.518. The predicted molar refractivity (Wildman–Crippen MR) is 83.4 cm³/mol. The first-order valence-electron chi connectivity index (χ1n) is 6.96. The van der Waals surface area contributed by atoms with Gasteiger partial charge in [-0.2, -0.15) is 0 Å². The van der Waals surface area contributed by atoms with Gasteiger partial charge in [0.05, 0.1) is 0 Å². The van der Waals surface area contributed by atoms with Crippen LogP contribution in [0.3, 0.4) is 0 Å². The lowest BCUT2D eigenvalue weighted by Crippen LogP contribution is -2.02. The highest BCUT2D eigenvalue weighted by molar-refractivity contribution is 5.43. The lowest BCUT2D eigenvalue weighted by molar-refractivity contribution is 0.306. The molecule has 1 aromatic carbocycles. The van der Waals surface area contributed by atoms with Crippen molar-refractivity contribution >= 4 is 5.82 Å². The molecule has 1 N–H and O–H groups in total. The topological polar surface area (TPSA) is 34.2 Å². The SMILES string of the molecule is CNc1ncccc1COc1ccc(C(C)C)c(C)c1. The molecule has 1 heterocycles. The Hall–Kier alpha value is -2.03. The molecule has 2 aromatic rings. The van der Waals surface area contributed by atoms with Crippen LogP contribution in [0.15, 0.2) is 36.5 Å². The number of aromatic nitrogens is 1. The predicted octanol–water partition coefficient (Wildman–Crippen LogP) is 4.13. The normalized spacial score (nSPS) is 10.7. The summed E-state index contributed by atoms with van der Waals surface area (Å²) in [6.07, 6.45) is 1.77. The minimum atomic E-state index is 0.518. The van der Waals surface area contributed by atoms with Gasteiger partial charge in [0, 0.05) is 18.8 Å². The van der Waals surface area contributed by atoms with Crippen molar-refractivity contribution in [2.24, 2.45) is 0 Å². The van der Waals surface area contributed by atoms with E-state index in [9.17, 15) is 0 Å². The zero-order chi connectivity index (χ0) is 14.5. The monoisotopic (exact) mass is 270 g/mol. The van der Waals surface area contributed by atoms with Crippen molar-refractivity contribution in [3.05, 3.63) is 53.2 Å². The second-order valence-corrected chi connectivity index (χ2v) is 5.22. The molecule has 0 fully saturated rings. The molecule has 3 nitrogen and oxygen atoms in total. The van der Waals surface area contributed by atoms with Crippen molar-refractivity contribution < 1.29 is 4.74 Å². The Morgan fingerprint density at radius 2 is 2.05 bits per heavy atom. The zero-order valence-corrected chi connectivity index (χ0v) is 12.6. The summed E-state index contributed by atoms with van der Waals surface area (Å²) in [5.74, 6) is 2.30. The van der Waals surface area contributed by atoms with Crippen LogP contribution in [0.25, 0.3) is 0 Å². The number of pyridine rings is 1. The summed E-state index contributed by atoms with van der Waals surface area (Å²) in [6, 6.07) is 10.2. The average Bonchev–Trinajstić information content (AvgIpc) is 2.45. The average molecular weight is 270 g/mol. The maximum absolute atomic E-state index is 5.87. The van der Waals surface area contributed by atoms with E-state index >= 15 is 0 Å². The number of aryl methyl sites for hydroxylation is 1. The standard InChI is InChI=1S/C17H22N2O/c1-12(2)16-8-7-15(10-13(16)3)20-11-14-6-5-9-19-17(14)18-4/h5-10,12H,11H2,1-4H3,(H,18,19). The van der Waals surface area contributed by atoms with Crippen molar-refractivity contribution in [1.82, 2.24) is 4.98 Å². The maximum Gasteiger partial charge on any atom is 0.132 e. The Morgan fingerprint density at radius 1 is 1.25 bits per heavy atom. The van der Waals surface area contributed by atoms with Crippen LogP contribution in [-0.2, 0) is 6.61 Å². The largest absolute Gasteiger partial charge is 0.489 e. The van der Waals surface area contributed by atoms with Crippen LogP contribution in [0.5, 0.6) is 5.75 Å². The quantitative estimate of drug-likeness (QED) is 0.887. The summed E-state index contributed by atoms with van der Waals surface area (Å²) < 4.78 is 5.87. The van der Waals surface area contributed by atoms with Gasteiger partial charge < -0.3 is 10.1 Å². The summed E-state index contributed by atoms with van der Waals surface area (Å²) in [4.78, 5) is 4.27. The lowest BCUT2D eigenvalue weighted by atomic mass is 9.98. The van der Waals surface area contributed by atoms with Crippen LogP contribution < -0.4 is 10.1 Å². The number of rotatable bonds is 5. The third kappa shape index (κ3) is 3.29. The van der Waals surface area contributed by atoms with Gasteiger partial charge in [0.1, 0.15) is 18.2 Å². The van der Waals surface area contributed by atoms with Crippen molar-refractivity contribution in [3.8, 4) is 5.75 Å². The number of hydrogen-bond acceptors (Lipinski definition) is 3.